The van der Waals surface area contributed by atoms with E-state index in [9.17, 15) is 0 Å². The molecule has 1 aromatic carbocycles. The molecule has 1 aromatic rings. The number of ether oxygens (including phenoxy) is 2. The minimum absolute atomic E-state index is 0.0424. The van der Waals surface area contributed by atoms with Crippen LogP contribution in [0.2, 0.25) is 0 Å². The van der Waals surface area contributed by atoms with E-state index < -0.39 is 0 Å². The van der Waals surface area contributed by atoms with E-state index in [1.807, 2.05) is 0 Å². The molecule has 2 atom stereocenters. The van der Waals surface area contributed by atoms with Crippen molar-refractivity contribution in [2.75, 3.05) is 13.2 Å². The number of benzene rings is 1. The maximum Gasteiger partial charge on any atom is 0.182 e. The van der Waals surface area contributed by atoms with Gasteiger partial charge in [0.1, 0.15) is 0 Å². The average molecular weight is 232 g/mol. The van der Waals surface area contributed by atoms with Gasteiger partial charge in [-0.25, -0.2) is 0 Å². The Bertz CT molecular complexity index is 395. The first-order valence-electron chi connectivity index (χ1n) is 6.59. The highest BCUT2D eigenvalue weighted by atomic mass is 16.8. The lowest BCUT2D eigenvalue weighted by molar-refractivity contribution is -0.0968. The summed E-state index contributed by atoms with van der Waals surface area (Å²) in [7, 11) is 0. The molecule has 0 bridgehead atoms. The van der Waals surface area contributed by atoms with Gasteiger partial charge in [0.2, 0.25) is 0 Å². The summed E-state index contributed by atoms with van der Waals surface area (Å²) in [5.41, 5.74) is 1.39. The van der Waals surface area contributed by atoms with Crippen molar-refractivity contribution in [3.63, 3.8) is 0 Å². The van der Waals surface area contributed by atoms with E-state index >= 15 is 0 Å². The molecule has 1 spiro atoms. The Morgan fingerprint density at radius 1 is 1.18 bits per heavy atom. The average Bonchev–Trinajstić information content (AvgIpc) is 2.74. The Kier molecular flexibility index (Phi) is 2.53. The summed E-state index contributed by atoms with van der Waals surface area (Å²) < 4.78 is 11.9. The van der Waals surface area contributed by atoms with Gasteiger partial charge >= 0.3 is 0 Å². The van der Waals surface area contributed by atoms with Crippen molar-refractivity contribution in [1.29, 1.82) is 0 Å². The van der Waals surface area contributed by atoms with Crippen molar-refractivity contribution < 1.29 is 9.47 Å². The van der Waals surface area contributed by atoms with Crippen LogP contribution in [0.3, 0.4) is 0 Å². The van der Waals surface area contributed by atoms with E-state index in [0.717, 1.165) is 13.2 Å². The molecule has 2 fully saturated rings. The molecule has 17 heavy (non-hydrogen) atoms. The van der Waals surface area contributed by atoms with Crippen LogP contribution in [0.25, 0.3) is 0 Å². The summed E-state index contributed by atoms with van der Waals surface area (Å²) in [5.74, 6) is 0.176. The van der Waals surface area contributed by atoms with Crippen LogP contribution in [0.4, 0.5) is 0 Å². The molecule has 0 amide bonds. The van der Waals surface area contributed by atoms with Crippen LogP contribution >= 0.6 is 0 Å². The molecule has 1 saturated carbocycles. The summed E-state index contributed by atoms with van der Waals surface area (Å²) in [4.78, 5) is 0. The molecule has 1 saturated heterocycles. The summed E-state index contributed by atoms with van der Waals surface area (Å²) in [5, 5.41) is 0. The fourth-order valence-corrected chi connectivity index (χ4v) is 3.52. The summed E-state index contributed by atoms with van der Waals surface area (Å²) in [6.07, 6.45) is 2.35. The maximum atomic E-state index is 5.96. The lowest BCUT2D eigenvalue weighted by atomic mass is 9.93. The van der Waals surface area contributed by atoms with E-state index in [4.69, 9.17) is 9.47 Å². The quantitative estimate of drug-likeness (QED) is 0.797. The summed E-state index contributed by atoms with van der Waals surface area (Å²) >= 11 is 0. The van der Waals surface area contributed by atoms with Gasteiger partial charge in [-0.05, 0) is 18.9 Å². The molecule has 92 valence electrons. The predicted molar refractivity (Wildman–Crippen MR) is 66.8 cm³/mol. The molecule has 0 radical (unpaired) electrons. The fraction of sp³-hybridized carbons (Fsp3) is 0.600. The first-order chi connectivity index (χ1) is 8.25. The number of rotatable bonds is 3. The smallest absolute Gasteiger partial charge is 0.182 e. The topological polar surface area (TPSA) is 18.5 Å². The minimum atomic E-state index is -0.329. The second-order valence-electron chi connectivity index (χ2n) is 5.27. The third-order valence-electron chi connectivity index (χ3n) is 4.46. The van der Waals surface area contributed by atoms with Crippen LogP contribution in [-0.2, 0) is 14.9 Å². The van der Waals surface area contributed by atoms with Gasteiger partial charge in [0.15, 0.2) is 5.79 Å². The van der Waals surface area contributed by atoms with Gasteiger partial charge in [0.05, 0.1) is 18.6 Å². The SMILES string of the molecule is CCCC1C2(OCCO2)C1(C)c1ccccc1. The van der Waals surface area contributed by atoms with Crippen molar-refractivity contribution in [2.24, 2.45) is 5.92 Å². The highest BCUT2D eigenvalue weighted by molar-refractivity contribution is 5.40. The summed E-state index contributed by atoms with van der Waals surface area (Å²) in [6, 6.07) is 10.7. The molecule has 1 aliphatic heterocycles. The highest BCUT2D eigenvalue weighted by Gasteiger charge is 2.78. The van der Waals surface area contributed by atoms with Crippen LogP contribution in [0, 0.1) is 5.92 Å². The molecule has 1 heterocycles. The lowest BCUT2D eigenvalue weighted by Gasteiger charge is -2.16. The minimum Gasteiger partial charge on any atom is -0.346 e. The third-order valence-corrected chi connectivity index (χ3v) is 4.46. The van der Waals surface area contributed by atoms with Crippen LogP contribution in [0.1, 0.15) is 32.3 Å². The van der Waals surface area contributed by atoms with Crippen molar-refractivity contribution >= 4 is 0 Å². The van der Waals surface area contributed by atoms with Crippen molar-refractivity contribution in [3.8, 4) is 0 Å². The summed E-state index contributed by atoms with van der Waals surface area (Å²) in [6.45, 7) is 5.99. The normalized spacial score (nSPS) is 34.1. The number of hydrogen-bond acceptors (Lipinski definition) is 2. The van der Waals surface area contributed by atoms with Gasteiger partial charge in [-0.15, -0.1) is 0 Å². The zero-order chi connectivity index (χ0) is 11.9. The molecule has 0 N–H and O–H groups in total. The van der Waals surface area contributed by atoms with Gasteiger partial charge < -0.3 is 9.47 Å². The first-order valence-corrected chi connectivity index (χ1v) is 6.59. The molecule has 0 aromatic heterocycles. The monoisotopic (exact) mass is 232 g/mol. The molecule has 1 aliphatic carbocycles. The molecule has 2 unspecified atom stereocenters. The van der Waals surface area contributed by atoms with Crippen LogP contribution < -0.4 is 0 Å². The van der Waals surface area contributed by atoms with Crippen LogP contribution in [0.15, 0.2) is 30.3 Å². The Hall–Kier alpha value is -0.860. The standard InChI is InChI=1S/C15H20O2/c1-3-7-13-14(2,12-8-5-4-6-9-12)15(13)16-10-11-17-15/h4-6,8-9,13H,3,7,10-11H2,1-2H3. The van der Waals surface area contributed by atoms with E-state index in [0.29, 0.717) is 5.92 Å². The molecule has 3 rings (SSSR count). The van der Waals surface area contributed by atoms with Gasteiger partial charge in [-0.1, -0.05) is 43.7 Å². The molecular weight excluding hydrogens is 212 g/mol. The zero-order valence-electron chi connectivity index (χ0n) is 10.6. The molecule has 2 nitrogen and oxygen atoms in total. The Morgan fingerprint density at radius 2 is 1.82 bits per heavy atom. The first kappa shape index (κ1) is 11.2. The largest absolute Gasteiger partial charge is 0.346 e. The van der Waals surface area contributed by atoms with Crippen molar-refractivity contribution in [2.45, 2.75) is 37.9 Å². The van der Waals surface area contributed by atoms with Gasteiger partial charge in [-0.2, -0.15) is 0 Å². The predicted octanol–water partition coefficient (Wildman–Crippen LogP) is 3.12. The van der Waals surface area contributed by atoms with Gasteiger partial charge in [0.25, 0.3) is 0 Å². The second kappa shape index (κ2) is 3.82. The van der Waals surface area contributed by atoms with E-state index in [1.165, 1.54) is 18.4 Å². The molecular formula is C15H20O2. The van der Waals surface area contributed by atoms with Gasteiger partial charge in [-0.3, -0.25) is 0 Å². The highest BCUT2D eigenvalue weighted by Crippen LogP contribution is 2.68. The van der Waals surface area contributed by atoms with E-state index in [-0.39, 0.29) is 11.2 Å². The fourth-order valence-electron chi connectivity index (χ4n) is 3.52. The maximum absolute atomic E-state index is 5.96. The second-order valence-corrected chi connectivity index (χ2v) is 5.27. The number of hydrogen-bond donors (Lipinski definition) is 0. The van der Waals surface area contributed by atoms with Gasteiger partial charge in [0, 0.05) is 5.92 Å². The van der Waals surface area contributed by atoms with E-state index in [2.05, 4.69) is 44.2 Å². The Morgan fingerprint density at radius 3 is 2.41 bits per heavy atom. The molecule has 2 aliphatic rings. The van der Waals surface area contributed by atoms with Crippen LogP contribution in [-0.4, -0.2) is 19.0 Å². The Balaban J connectivity index is 1.96. The zero-order valence-corrected chi connectivity index (χ0v) is 10.6. The van der Waals surface area contributed by atoms with Crippen molar-refractivity contribution in [1.82, 2.24) is 0 Å². The Labute approximate surface area is 103 Å². The third kappa shape index (κ3) is 1.34. The lowest BCUT2D eigenvalue weighted by Crippen LogP contribution is -2.22. The van der Waals surface area contributed by atoms with E-state index in [1.54, 1.807) is 0 Å². The van der Waals surface area contributed by atoms with Crippen LogP contribution in [0.5, 0.6) is 0 Å². The van der Waals surface area contributed by atoms with Crippen molar-refractivity contribution in [3.05, 3.63) is 35.9 Å². The molecule has 2 heteroatoms.